The third-order valence-corrected chi connectivity index (χ3v) is 4.50. The molecular formula is C13H22N2O3. The lowest BCUT2D eigenvalue weighted by molar-refractivity contribution is -0.156. The molecule has 0 heterocycles. The molecule has 0 atom stereocenters. The van der Waals surface area contributed by atoms with Crippen LogP contribution in [0.3, 0.4) is 0 Å². The molecule has 0 spiro atoms. The van der Waals surface area contributed by atoms with E-state index in [2.05, 4.69) is 10.6 Å². The third-order valence-electron chi connectivity index (χ3n) is 4.50. The van der Waals surface area contributed by atoms with Gasteiger partial charge in [-0.05, 0) is 52.4 Å². The Morgan fingerprint density at radius 3 is 1.94 bits per heavy atom. The van der Waals surface area contributed by atoms with E-state index < -0.39 is 11.4 Å². The van der Waals surface area contributed by atoms with Crippen LogP contribution in [0.15, 0.2) is 0 Å². The number of carbonyl (C=O) groups excluding carboxylic acids is 1. The van der Waals surface area contributed by atoms with Gasteiger partial charge in [-0.15, -0.1) is 0 Å². The van der Waals surface area contributed by atoms with E-state index >= 15 is 0 Å². The molecule has 2 amide bonds. The summed E-state index contributed by atoms with van der Waals surface area (Å²) in [6.07, 6.45) is 4.40. The van der Waals surface area contributed by atoms with Crippen molar-refractivity contribution in [3.8, 4) is 0 Å². The summed E-state index contributed by atoms with van der Waals surface area (Å²) < 4.78 is 0. The SMILES string of the molecule is CC(C)NC(=O)NC12CCC(C(=O)O)(CC1)CC2. The lowest BCUT2D eigenvalue weighted by Crippen LogP contribution is -2.60. The Bertz CT molecular complexity index is 341. The predicted molar refractivity (Wildman–Crippen MR) is 67.3 cm³/mol. The van der Waals surface area contributed by atoms with E-state index in [0.717, 1.165) is 19.3 Å². The van der Waals surface area contributed by atoms with Gasteiger partial charge in [0.2, 0.25) is 0 Å². The molecule has 5 nitrogen and oxygen atoms in total. The van der Waals surface area contributed by atoms with E-state index in [4.69, 9.17) is 0 Å². The highest BCUT2D eigenvalue weighted by molar-refractivity contribution is 5.77. The van der Waals surface area contributed by atoms with Gasteiger partial charge >= 0.3 is 12.0 Å². The largest absolute Gasteiger partial charge is 0.481 e. The fraction of sp³-hybridized carbons (Fsp3) is 0.846. The maximum Gasteiger partial charge on any atom is 0.315 e. The second-order valence-corrected chi connectivity index (χ2v) is 6.12. The van der Waals surface area contributed by atoms with Crippen LogP contribution in [-0.4, -0.2) is 28.7 Å². The van der Waals surface area contributed by atoms with Crippen LogP contribution >= 0.6 is 0 Å². The van der Waals surface area contributed by atoms with Crippen LogP contribution in [0.25, 0.3) is 0 Å². The maximum absolute atomic E-state index is 11.8. The fourth-order valence-corrected chi connectivity index (χ4v) is 3.23. The molecule has 0 saturated heterocycles. The Hall–Kier alpha value is -1.26. The zero-order valence-electron chi connectivity index (χ0n) is 11.1. The summed E-state index contributed by atoms with van der Waals surface area (Å²) in [6.45, 7) is 3.85. The highest BCUT2D eigenvalue weighted by atomic mass is 16.4. The number of carboxylic acids is 1. The van der Waals surface area contributed by atoms with Crippen molar-refractivity contribution in [2.75, 3.05) is 0 Å². The Morgan fingerprint density at radius 1 is 1.06 bits per heavy atom. The molecule has 3 aliphatic carbocycles. The van der Waals surface area contributed by atoms with E-state index in [0.29, 0.717) is 19.3 Å². The third kappa shape index (κ3) is 2.31. The molecule has 3 N–H and O–H groups in total. The van der Waals surface area contributed by atoms with E-state index in [9.17, 15) is 14.7 Å². The zero-order valence-corrected chi connectivity index (χ0v) is 11.1. The van der Waals surface area contributed by atoms with Gasteiger partial charge in [-0.3, -0.25) is 4.79 Å². The fourth-order valence-electron chi connectivity index (χ4n) is 3.23. The lowest BCUT2D eigenvalue weighted by atomic mass is 9.57. The van der Waals surface area contributed by atoms with Crippen molar-refractivity contribution in [1.29, 1.82) is 0 Å². The normalized spacial score (nSPS) is 34.4. The second-order valence-electron chi connectivity index (χ2n) is 6.12. The molecule has 18 heavy (non-hydrogen) atoms. The molecule has 0 aromatic carbocycles. The average molecular weight is 254 g/mol. The van der Waals surface area contributed by atoms with Crippen molar-refractivity contribution in [3.63, 3.8) is 0 Å². The van der Waals surface area contributed by atoms with Gasteiger partial charge in [0.1, 0.15) is 0 Å². The van der Waals surface area contributed by atoms with Crippen molar-refractivity contribution in [2.45, 2.75) is 64.0 Å². The van der Waals surface area contributed by atoms with Gasteiger partial charge in [0.15, 0.2) is 0 Å². The number of aliphatic carboxylic acids is 1. The molecule has 0 aromatic rings. The molecule has 102 valence electrons. The minimum Gasteiger partial charge on any atom is -0.481 e. The van der Waals surface area contributed by atoms with Crippen molar-refractivity contribution in [3.05, 3.63) is 0 Å². The molecule has 0 radical (unpaired) electrons. The first kappa shape index (κ1) is 13.2. The number of hydrogen-bond acceptors (Lipinski definition) is 2. The number of hydrogen-bond donors (Lipinski definition) is 3. The van der Waals surface area contributed by atoms with E-state index in [-0.39, 0.29) is 17.6 Å². The summed E-state index contributed by atoms with van der Waals surface area (Å²) in [5, 5.41) is 15.2. The number of urea groups is 1. The molecule has 0 unspecified atom stereocenters. The molecule has 0 aliphatic heterocycles. The summed E-state index contributed by atoms with van der Waals surface area (Å²) >= 11 is 0. The Morgan fingerprint density at radius 2 is 1.56 bits per heavy atom. The Balaban J connectivity index is 1.97. The maximum atomic E-state index is 11.8. The van der Waals surface area contributed by atoms with E-state index in [1.54, 1.807) is 0 Å². The highest BCUT2D eigenvalue weighted by Gasteiger charge is 2.53. The predicted octanol–water partition coefficient (Wildman–Crippen LogP) is 1.87. The number of fused-ring (bicyclic) bond motifs is 3. The number of carbonyl (C=O) groups is 2. The summed E-state index contributed by atoms with van der Waals surface area (Å²) in [7, 11) is 0. The van der Waals surface area contributed by atoms with E-state index in [1.807, 2.05) is 13.8 Å². The van der Waals surface area contributed by atoms with Crippen LogP contribution in [0.1, 0.15) is 52.4 Å². The van der Waals surface area contributed by atoms with Crippen LogP contribution in [0.2, 0.25) is 0 Å². The van der Waals surface area contributed by atoms with Gasteiger partial charge in [0.25, 0.3) is 0 Å². The van der Waals surface area contributed by atoms with Gasteiger partial charge in [0, 0.05) is 11.6 Å². The zero-order chi connectivity index (χ0) is 13.4. The first-order chi connectivity index (χ1) is 8.38. The molecule has 3 saturated carbocycles. The summed E-state index contributed by atoms with van der Waals surface area (Å²) in [6, 6.07) is -0.0126. The molecule has 3 rings (SSSR count). The first-order valence-corrected chi connectivity index (χ1v) is 6.70. The van der Waals surface area contributed by atoms with Gasteiger partial charge in [-0.2, -0.15) is 0 Å². The van der Waals surface area contributed by atoms with Crippen molar-refractivity contribution >= 4 is 12.0 Å². The minimum atomic E-state index is -0.664. The Kier molecular flexibility index (Phi) is 3.25. The van der Waals surface area contributed by atoms with Crippen LogP contribution in [0.5, 0.6) is 0 Å². The van der Waals surface area contributed by atoms with Crippen LogP contribution < -0.4 is 10.6 Å². The topological polar surface area (TPSA) is 78.4 Å². The molecule has 3 aliphatic rings. The number of carboxylic acid groups (broad SMARTS) is 1. The van der Waals surface area contributed by atoms with Crippen LogP contribution in [0, 0.1) is 5.41 Å². The van der Waals surface area contributed by atoms with Crippen LogP contribution in [-0.2, 0) is 4.79 Å². The van der Waals surface area contributed by atoms with Crippen molar-refractivity contribution in [1.82, 2.24) is 10.6 Å². The number of amides is 2. The quantitative estimate of drug-likeness (QED) is 0.719. The molecule has 2 bridgehead atoms. The minimum absolute atomic E-state index is 0.117. The summed E-state index contributed by atoms with van der Waals surface area (Å²) in [4.78, 5) is 23.1. The van der Waals surface area contributed by atoms with E-state index in [1.165, 1.54) is 0 Å². The first-order valence-electron chi connectivity index (χ1n) is 6.70. The van der Waals surface area contributed by atoms with Gasteiger partial charge in [-0.1, -0.05) is 0 Å². The number of nitrogens with one attached hydrogen (secondary N) is 2. The second kappa shape index (κ2) is 4.44. The molecule has 3 fully saturated rings. The lowest BCUT2D eigenvalue weighted by Gasteiger charge is -2.51. The monoisotopic (exact) mass is 254 g/mol. The highest BCUT2D eigenvalue weighted by Crippen LogP contribution is 2.52. The number of rotatable bonds is 3. The van der Waals surface area contributed by atoms with Gasteiger partial charge in [0.05, 0.1) is 5.41 Å². The van der Waals surface area contributed by atoms with Crippen LogP contribution in [0.4, 0.5) is 4.79 Å². The van der Waals surface area contributed by atoms with Crippen molar-refractivity contribution in [2.24, 2.45) is 5.41 Å². The standard InChI is InChI=1S/C13H22N2O3/c1-9(2)14-11(18)15-13-6-3-12(4-7-13,5-8-13)10(16)17/h9H,3-8H2,1-2H3,(H,16,17)(H2,14,15,18). The molecular weight excluding hydrogens is 232 g/mol. The van der Waals surface area contributed by atoms with Gasteiger partial charge < -0.3 is 15.7 Å². The summed E-state index contributed by atoms with van der Waals surface area (Å²) in [5.41, 5.74) is -0.686. The van der Waals surface area contributed by atoms with Gasteiger partial charge in [-0.25, -0.2) is 4.79 Å². The average Bonchev–Trinajstić information content (AvgIpc) is 2.29. The molecule has 5 heteroatoms. The molecule has 0 aromatic heterocycles. The summed E-state index contributed by atoms with van der Waals surface area (Å²) in [5.74, 6) is -0.664. The van der Waals surface area contributed by atoms with Crippen molar-refractivity contribution < 1.29 is 14.7 Å². The Labute approximate surface area is 107 Å². The smallest absolute Gasteiger partial charge is 0.315 e.